The molecular formula is C22H23Cl2N3O2S. The van der Waals surface area contributed by atoms with Crippen LogP contribution in [0, 0.1) is 0 Å². The van der Waals surface area contributed by atoms with Gasteiger partial charge in [-0.15, -0.1) is 11.8 Å². The summed E-state index contributed by atoms with van der Waals surface area (Å²) in [5.41, 5.74) is 0.680. The molecule has 2 atom stereocenters. The van der Waals surface area contributed by atoms with Crippen molar-refractivity contribution in [3.05, 3.63) is 76.8 Å². The van der Waals surface area contributed by atoms with Crippen LogP contribution in [0.3, 0.4) is 0 Å². The van der Waals surface area contributed by atoms with E-state index in [0.29, 0.717) is 16.6 Å². The smallest absolute Gasteiger partial charge is 0.132 e. The summed E-state index contributed by atoms with van der Waals surface area (Å²) in [6.45, 7) is 0.692. The van der Waals surface area contributed by atoms with Crippen LogP contribution in [0.5, 0.6) is 5.75 Å². The normalized spacial score (nSPS) is 21.8. The Morgan fingerprint density at radius 2 is 2.07 bits per heavy atom. The predicted octanol–water partition coefficient (Wildman–Crippen LogP) is 5.52. The molecule has 0 spiro atoms. The average molecular weight is 464 g/mol. The van der Waals surface area contributed by atoms with Crippen LogP contribution in [0.4, 0.5) is 0 Å². The van der Waals surface area contributed by atoms with E-state index < -0.39 is 0 Å². The molecule has 0 radical (unpaired) electrons. The summed E-state index contributed by atoms with van der Waals surface area (Å²) in [6, 6.07) is 13.9. The first-order valence-corrected chi connectivity index (χ1v) is 11.3. The highest BCUT2D eigenvalue weighted by atomic mass is 35.5. The maximum Gasteiger partial charge on any atom is 0.132 e. The van der Waals surface area contributed by atoms with Gasteiger partial charge in [0.05, 0.1) is 35.1 Å². The molecule has 0 bridgehead atoms. The number of halogens is 2. The van der Waals surface area contributed by atoms with Gasteiger partial charge >= 0.3 is 0 Å². The number of aromatic nitrogens is 2. The molecular weight excluding hydrogens is 441 g/mol. The molecule has 158 valence electrons. The Hall–Kier alpha value is -1.70. The third kappa shape index (κ3) is 4.34. The number of ether oxygens (including phenoxy) is 1. The van der Waals surface area contributed by atoms with Crippen molar-refractivity contribution >= 4 is 35.0 Å². The molecule has 30 heavy (non-hydrogen) atoms. The summed E-state index contributed by atoms with van der Waals surface area (Å²) in [4.78, 5) is 11.6. The number of rotatable bonds is 7. The van der Waals surface area contributed by atoms with E-state index in [2.05, 4.69) is 15.6 Å². The van der Waals surface area contributed by atoms with E-state index >= 15 is 0 Å². The Labute approximate surface area is 190 Å². The van der Waals surface area contributed by atoms with Crippen LogP contribution < -0.4 is 4.74 Å². The highest BCUT2D eigenvalue weighted by Crippen LogP contribution is 2.44. The largest absolute Gasteiger partial charge is 0.496 e. The first-order valence-electron chi connectivity index (χ1n) is 9.59. The molecule has 5 nitrogen and oxygen atoms in total. The van der Waals surface area contributed by atoms with Gasteiger partial charge in [0, 0.05) is 43.1 Å². The number of benzene rings is 2. The lowest BCUT2D eigenvalue weighted by Crippen LogP contribution is -2.41. The topological polar surface area (TPSA) is 39.5 Å². The average Bonchev–Trinajstić information content (AvgIpc) is 3.37. The molecule has 2 unspecified atom stereocenters. The van der Waals surface area contributed by atoms with Crippen molar-refractivity contribution in [2.24, 2.45) is 0 Å². The van der Waals surface area contributed by atoms with Crippen molar-refractivity contribution < 1.29 is 9.57 Å². The van der Waals surface area contributed by atoms with Crippen molar-refractivity contribution in [3.63, 3.8) is 0 Å². The Kier molecular flexibility index (Phi) is 6.60. The lowest BCUT2D eigenvalue weighted by molar-refractivity contribution is -0.170. The molecule has 2 aromatic carbocycles. The van der Waals surface area contributed by atoms with E-state index in [9.17, 15) is 0 Å². The number of hydrogen-bond donors (Lipinski definition) is 0. The number of hydroxylamine groups is 2. The molecule has 1 aliphatic rings. The molecule has 0 aliphatic carbocycles. The summed E-state index contributed by atoms with van der Waals surface area (Å²) in [5.74, 6) is 1.68. The SMILES string of the molecule is COc1ccccc1SCC1CC(Cn2ccnc2)(c2ccc(Cl)c(Cl)c2)N(C)O1. The number of para-hydroxylation sites is 1. The lowest BCUT2D eigenvalue weighted by atomic mass is 9.85. The van der Waals surface area contributed by atoms with Gasteiger partial charge in [-0.1, -0.05) is 41.4 Å². The Balaban J connectivity index is 1.59. The number of hydrogen-bond acceptors (Lipinski definition) is 5. The highest BCUT2D eigenvalue weighted by Gasteiger charge is 2.47. The second-order valence-corrected chi connectivity index (χ2v) is 9.16. The van der Waals surface area contributed by atoms with Gasteiger partial charge in [0.15, 0.2) is 0 Å². The summed E-state index contributed by atoms with van der Waals surface area (Å²) >= 11 is 14.3. The van der Waals surface area contributed by atoms with E-state index in [1.807, 2.05) is 61.0 Å². The number of likely N-dealkylation sites (N-methyl/N-ethyl adjacent to an activating group) is 1. The monoisotopic (exact) mass is 463 g/mol. The van der Waals surface area contributed by atoms with E-state index in [0.717, 1.165) is 28.4 Å². The molecule has 1 saturated heterocycles. The van der Waals surface area contributed by atoms with Gasteiger partial charge in [0.1, 0.15) is 5.75 Å². The number of imidazole rings is 1. The Bertz CT molecular complexity index is 1000. The summed E-state index contributed by atoms with van der Waals surface area (Å²) in [6.07, 6.45) is 6.41. The minimum Gasteiger partial charge on any atom is -0.496 e. The van der Waals surface area contributed by atoms with Crippen LogP contribution >= 0.6 is 35.0 Å². The fourth-order valence-corrected chi connectivity index (χ4v) is 5.21. The zero-order valence-corrected chi connectivity index (χ0v) is 19.1. The van der Waals surface area contributed by atoms with E-state index in [1.165, 1.54) is 0 Å². The van der Waals surface area contributed by atoms with Crippen LogP contribution in [-0.4, -0.2) is 40.6 Å². The molecule has 1 aromatic heterocycles. The number of methoxy groups -OCH3 is 1. The predicted molar refractivity (Wildman–Crippen MR) is 121 cm³/mol. The Morgan fingerprint density at radius 1 is 1.23 bits per heavy atom. The van der Waals surface area contributed by atoms with E-state index in [4.69, 9.17) is 32.8 Å². The van der Waals surface area contributed by atoms with Gasteiger partial charge < -0.3 is 9.30 Å². The fourth-order valence-electron chi connectivity index (χ4n) is 3.90. The number of nitrogens with zero attached hydrogens (tertiary/aromatic N) is 3. The van der Waals surface area contributed by atoms with Crippen LogP contribution in [0.1, 0.15) is 12.0 Å². The lowest BCUT2D eigenvalue weighted by Gasteiger charge is -2.35. The first kappa shape index (κ1) is 21.5. The van der Waals surface area contributed by atoms with Crippen LogP contribution in [0.15, 0.2) is 66.1 Å². The van der Waals surface area contributed by atoms with Crippen molar-refractivity contribution in [3.8, 4) is 5.75 Å². The van der Waals surface area contributed by atoms with Crippen molar-refractivity contribution in [2.45, 2.75) is 29.5 Å². The van der Waals surface area contributed by atoms with Gasteiger partial charge in [0.25, 0.3) is 0 Å². The van der Waals surface area contributed by atoms with Gasteiger partial charge in [-0.05, 0) is 29.8 Å². The van der Waals surface area contributed by atoms with E-state index in [1.54, 1.807) is 25.1 Å². The van der Waals surface area contributed by atoms with E-state index in [-0.39, 0.29) is 11.6 Å². The molecule has 8 heteroatoms. The van der Waals surface area contributed by atoms with Crippen molar-refractivity contribution in [2.75, 3.05) is 19.9 Å². The van der Waals surface area contributed by atoms with Gasteiger partial charge in [-0.3, -0.25) is 4.84 Å². The second-order valence-electron chi connectivity index (χ2n) is 7.29. The molecule has 0 saturated carbocycles. The zero-order valence-electron chi connectivity index (χ0n) is 16.8. The third-order valence-corrected chi connectivity index (χ3v) is 7.36. The maximum atomic E-state index is 6.37. The fraction of sp³-hybridized carbons (Fsp3) is 0.318. The highest BCUT2D eigenvalue weighted by molar-refractivity contribution is 7.99. The molecule has 2 heterocycles. The van der Waals surface area contributed by atoms with Gasteiger partial charge in [-0.2, -0.15) is 5.06 Å². The second kappa shape index (κ2) is 9.20. The molecule has 1 fully saturated rings. The number of thioether (sulfide) groups is 1. The van der Waals surface area contributed by atoms with Crippen LogP contribution in [-0.2, 0) is 16.9 Å². The summed E-state index contributed by atoms with van der Waals surface area (Å²) in [5, 5.41) is 3.04. The van der Waals surface area contributed by atoms with Gasteiger partial charge in [-0.25, -0.2) is 4.98 Å². The maximum absolute atomic E-state index is 6.37. The van der Waals surface area contributed by atoms with Crippen LogP contribution in [0.25, 0.3) is 0 Å². The summed E-state index contributed by atoms with van der Waals surface area (Å²) < 4.78 is 7.54. The summed E-state index contributed by atoms with van der Waals surface area (Å²) in [7, 11) is 3.67. The van der Waals surface area contributed by atoms with Crippen LogP contribution in [0.2, 0.25) is 10.0 Å². The van der Waals surface area contributed by atoms with Crippen molar-refractivity contribution in [1.82, 2.24) is 14.6 Å². The zero-order chi connectivity index (χ0) is 21.1. The standard InChI is InChI=1S/C22H23Cl2N3O2S/c1-26-22(14-27-10-9-25-15-27,16-7-8-18(23)19(24)11-16)12-17(29-26)13-30-21-6-4-3-5-20(21)28-2/h3-11,15,17H,12-14H2,1-2H3. The third-order valence-electron chi connectivity index (χ3n) is 5.43. The van der Waals surface area contributed by atoms with Crippen molar-refractivity contribution in [1.29, 1.82) is 0 Å². The molecule has 3 aromatic rings. The minimum absolute atomic E-state index is 0.0305. The molecule has 0 N–H and O–H groups in total. The first-order chi connectivity index (χ1) is 14.5. The minimum atomic E-state index is -0.388. The molecule has 0 amide bonds. The molecule has 1 aliphatic heterocycles. The quantitative estimate of drug-likeness (QED) is 0.431. The molecule has 4 rings (SSSR count). The Morgan fingerprint density at radius 3 is 2.80 bits per heavy atom. The van der Waals surface area contributed by atoms with Gasteiger partial charge in [0.2, 0.25) is 0 Å².